The number of rotatable bonds is 5. The number of allylic oxidation sites excluding steroid dienone is 1. The maximum atomic E-state index is 9.47. The SMILES string of the molecule is C=CC(C)(C)CC(O)CCC. The van der Waals surface area contributed by atoms with Crippen molar-refractivity contribution < 1.29 is 5.11 Å². The van der Waals surface area contributed by atoms with Crippen molar-refractivity contribution in [2.45, 2.75) is 46.1 Å². The molecule has 0 aromatic heterocycles. The van der Waals surface area contributed by atoms with Gasteiger partial charge in [-0.1, -0.05) is 33.3 Å². The van der Waals surface area contributed by atoms with Crippen LogP contribution in [0.3, 0.4) is 0 Å². The molecule has 1 atom stereocenters. The topological polar surface area (TPSA) is 20.2 Å². The van der Waals surface area contributed by atoms with Gasteiger partial charge in [0.15, 0.2) is 0 Å². The van der Waals surface area contributed by atoms with Crippen molar-refractivity contribution in [3.05, 3.63) is 12.7 Å². The highest BCUT2D eigenvalue weighted by Gasteiger charge is 2.17. The lowest BCUT2D eigenvalue weighted by Crippen LogP contribution is -2.17. The first kappa shape index (κ1) is 10.7. The Labute approximate surface area is 70.1 Å². The van der Waals surface area contributed by atoms with Crippen molar-refractivity contribution in [3.8, 4) is 0 Å². The maximum Gasteiger partial charge on any atom is 0.0548 e. The van der Waals surface area contributed by atoms with Crippen molar-refractivity contribution in [3.63, 3.8) is 0 Å². The Kier molecular flexibility index (Phi) is 4.43. The second kappa shape index (κ2) is 4.55. The first-order valence-corrected chi connectivity index (χ1v) is 4.33. The predicted octanol–water partition coefficient (Wildman–Crippen LogP) is 2.75. The second-order valence-corrected chi connectivity index (χ2v) is 3.84. The Morgan fingerprint density at radius 3 is 2.45 bits per heavy atom. The molecular weight excluding hydrogens is 136 g/mol. The molecule has 0 radical (unpaired) electrons. The quantitative estimate of drug-likeness (QED) is 0.607. The van der Waals surface area contributed by atoms with E-state index in [0.717, 1.165) is 19.3 Å². The van der Waals surface area contributed by atoms with Crippen molar-refractivity contribution >= 4 is 0 Å². The van der Waals surface area contributed by atoms with Crippen LogP contribution >= 0.6 is 0 Å². The van der Waals surface area contributed by atoms with E-state index in [9.17, 15) is 5.11 Å². The van der Waals surface area contributed by atoms with Crippen molar-refractivity contribution in [2.24, 2.45) is 5.41 Å². The van der Waals surface area contributed by atoms with E-state index in [-0.39, 0.29) is 11.5 Å². The Morgan fingerprint density at radius 1 is 1.55 bits per heavy atom. The smallest absolute Gasteiger partial charge is 0.0548 e. The maximum absolute atomic E-state index is 9.47. The lowest BCUT2D eigenvalue weighted by Gasteiger charge is -2.22. The summed E-state index contributed by atoms with van der Waals surface area (Å²) in [5.41, 5.74) is 0.0780. The van der Waals surface area contributed by atoms with E-state index >= 15 is 0 Å². The van der Waals surface area contributed by atoms with Gasteiger partial charge in [-0.05, 0) is 18.3 Å². The first-order valence-electron chi connectivity index (χ1n) is 4.33. The Bertz CT molecular complexity index is 116. The molecule has 0 aliphatic rings. The fraction of sp³-hybridized carbons (Fsp3) is 0.800. The highest BCUT2D eigenvalue weighted by atomic mass is 16.3. The molecule has 1 unspecified atom stereocenters. The Balaban J connectivity index is 3.72. The molecule has 0 fully saturated rings. The van der Waals surface area contributed by atoms with E-state index in [1.54, 1.807) is 0 Å². The van der Waals surface area contributed by atoms with E-state index in [0.29, 0.717) is 0 Å². The third-order valence-corrected chi connectivity index (χ3v) is 1.94. The number of hydrogen-bond donors (Lipinski definition) is 1. The molecule has 0 rings (SSSR count). The normalized spacial score (nSPS) is 14.5. The minimum absolute atomic E-state index is 0.0780. The molecule has 0 saturated carbocycles. The summed E-state index contributed by atoms with van der Waals surface area (Å²) < 4.78 is 0. The Hall–Kier alpha value is -0.300. The highest BCUT2D eigenvalue weighted by Crippen LogP contribution is 2.24. The van der Waals surface area contributed by atoms with Gasteiger partial charge in [0.05, 0.1) is 6.10 Å². The lowest BCUT2D eigenvalue weighted by atomic mass is 9.86. The van der Waals surface area contributed by atoms with Crippen molar-refractivity contribution in [1.82, 2.24) is 0 Å². The average molecular weight is 156 g/mol. The molecule has 1 N–H and O–H groups in total. The van der Waals surface area contributed by atoms with Gasteiger partial charge in [-0.2, -0.15) is 0 Å². The zero-order chi connectivity index (χ0) is 8.91. The van der Waals surface area contributed by atoms with Crippen LogP contribution in [0.4, 0.5) is 0 Å². The third kappa shape index (κ3) is 5.02. The molecule has 0 aromatic carbocycles. The minimum atomic E-state index is -0.159. The highest BCUT2D eigenvalue weighted by molar-refractivity contribution is 4.88. The van der Waals surface area contributed by atoms with Crippen LogP contribution in [0.15, 0.2) is 12.7 Å². The van der Waals surface area contributed by atoms with Crippen LogP contribution in [0, 0.1) is 5.41 Å². The summed E-state index contributed by atoms with van der Waals surface area (Å²) in [5.74, 6) is 0. The third-order valence-electron chi connectivity index (χ3n) is 1.94. The van der Waals surface area contributed by atoms with E-state index in [2.05, 4.69) is 27.4 Å². The van der Waals surface area contributed by atoms with Crippen LogP contribution in [0.25, 0.3) is 0 Å². The number of aliphatic hydroxyl groups excluding tert-OH is 1. The van der Waals surface area contributed by atoms with Crippen molar-refractivity contribution in [2.75, 3.05) is 0 Å². The van der Waals surface area contributed by atoms with Gasteiger partial charge in [-0.15, -0.1) is 6.58 Å². The van der Waals surface area contributed by atoms with Crippen LogP contribution in [-0.4, -0.2) is 11.2 Å². The first-order chi connectivity index (χ1) is 5.02. The van der Waals surface area contributed by atoms with E-state index in [4.69, 9.17) is 0 Å². The average Bonchev–Trinajstić information content (AvgIpc) is 1.87. The van der Waals surface area contributed by atoms with E-state index < -0.39 is 0 Å². The number of aliphatic hydroxyl groups is 1. The molecular formula is C10H20O. The van der Waals surface area contributed by atoms with Gasteiger partial charge in [0.2, 0.25) is 0 Å². The van der Waals surface area contributed by atoms with Gasteiger partial charge in [0, 0.05) is 0 Å². The molecule has 0 spiro atoms. The fourth-order valence-electron chi connectivity index (χ4n) is 1.13. The number of hydrogen-bond acceptors (Lipinski definition) is 1. The van der Waals surface area contributed by atoms with Crippen LogP contribution in [0.1, 0.15) is 40.0 Å². The molecule has 0 saturated heterocycles. The standard InChI is InChI=1S/C10H20O/c1-5-7-9(11)8-10(3,4)6-2/h6,9,11H,2,5,7-8H2,1,3-4H3. The zero-order valence-electron chi connectivity index (χ0n) is 7.93. The van der Waals surface area contributed by atoms with Gasteiger partial charge in [0.25, 0.3) is 0 Å². The summed E-state index contributed by atoms with van der Waals surface area (Å²) in [6.45, 7) is 10.0. The summed E-state index contributed by atoms with van der Waals surface area (Å²) >= 11 is 0. The summed E-state index contributed by atoms with van der Waals surface area (Å²) in [7, 11) is 0. The van der Waals surface area contributed by atoms with Crippen LogP contribution in [-0.2, 0) is 0 Å². The minimum Gasteiger partial charge on any atom is -0.393 e. The molecule has 0 aliphatic heterocycles. The zero-order valence-corrected chi connectivity index (χ0v) is 7.93. The summed E-state index contributed by atoms with van der Waals surface area (Å²) in [6.07, 6.45) is 4.52. The molecule has 66 valence electrons. The summed E-state index contributed by atoms with van der Waals surface area (Å²) in [6, 6.07) is 0. The largest absolute Gasteiger partial charge is 0.393 e. The second-order valence-electron chi connectivity index (χ2n) is 3.84. The lowest BCUT2D eigenvalue weighted by molar-refractivity contribution is 0.121. The van der Waals surface area contributed by atoms with Crippen molar-refractivity contribution in [1.29, 1.82) is 0 Å². The van der Waals surface area contributed by atoms with Gasteiger partial charge in [0.1, 0.15) is 0 Å². The van der Waals surface area contributed by atoms with Gasteiger partial charge in [-0.25, -0.2) is 0 Å². The monoisotopic (exact) mass is 156 g/mol. The van der Waals surface area contributed by atoms with Gasteiger partial charge in [-0.3, -0.25) is 0 Å². The van der Waals surface area contributed by atoms with E-state index in [1.807, 2.05) is 6.08 Å². The van der Waals surface area contributed by atoms with E-state index in [1.165, 1.54) is 0 Å². The molecule has 0 bridgehead atoms. The molecule has 11 heavy (non-hydrogen) atoms. The van der Waals surface area contributed by atoms with Gasteiger partial charge >= 0.3 is 0 Å². The summed E-state index contributed by atoms with van der Waals surface area (Å²) in [4.78, 5) is 0. The van der Waals surface area contributed by atoms with Crippen LogP contribution in [0.5, 0.6) is 0 Å². The molecule has 0 amide bonds. The molecule has 1 nitrogen and oxygen atoms in total. The molecule has 0 aromatic rings. The molecule has 0 aliphatic carbocycles. The van der Waals surface area contributed by atoms with Gasteiger partial charge < -0.3 is 5.11 Å². The van der Waals surface area contributed by atoms with Crippen LogP contribution in [0.2, 0.25) is 0 Å². The summed E-state index contributed by atoms with van der Waals surface area (Å²) in [5, 5.41) is 9.47. The fourth-order valence-corrected chi connectivity index (χ4v) is 1.13. The predicted molar refractivity (Wildman–Crippen MR) is 49.5 cm³/mol. The molecule has 0 heterocycles. The van der Waals surface area contributed by atoms with Crippen LogP contribution < -0.4 is 0 Å². The molecule has 1 heteroatoms. The Morgan fingerprint density at radius 2 is 2.09 bits per heavy atom.